The van der Waals surface area contributed by atoms with Crippen LogP contribution in [-0.4, -0.2) is 89.1 Å². The Hall–Kier alpha value is -1.68. The van der Waals surface area contributed by atoms with Gasteiger partial charge in [-0.1, -0.05) is 12.1 Å². The van der Waals surface area contributed by atoms with Gasteiger partial charge in [0.25, 0.3) is 0 Å². The molecule has 2 amide bonds. The van der Waals surface area contributed by atoms with Crippen LogP contribution in [0.15, 0.2) is 29.2 Å². The molecule has 1 aliphatic heterocycles. The Morgan fingerprint density at radius 2 is 1.78 bits per heavy atom. The lowest BCUT2D eigenvalue weighted by Gasteiger charge is -2.34. The van der Waals surface area contributed by atoms with Crippen LogP contribution in [0.1, 0.15) is 12.0 Å². The fourth-order valence-corrected chi connectivity index (χ4v) is 3.53. The van der Waals surface area contributed by atoms with E-state index in [1.807, 2.05) is 19.0 Å². The molecular formula is C18H31N5O3S. The molecule has 3 N–H and O–H groups in total. The van der Waals surface area contributed by atoms with Gasteiger partial charge in [-0.25, -0.2) is 18.4 Å². The summed E-state index contributed by atoms with van der Waals surface area (Å²) < 4.78 is 22.6. The van der Waals surface area contributed by atoms with E-state index in [1.54, 1.807) is 24.3 Å². The molecule has 0 bridgehead atoms. The largest absolute Gasteiger partial charge is 0.338 e. The van der Waals surface area contributed by atoms with Crippen LogP contribution in [0.5, 0.6) is 0 Å². The van der Waals surface area contributed by atoms with Gasteiger partial charge >= 0.3 is 6.03 Å². The van der Waals surface area contributed by atoms with Crippen LogP contribution in [0, 0.1) is 0 Å². The third-order valence-corrected chi connectivity index (χ3v) is 5.62. The van der Waals surface area contributed by atoms with Crippen molar-refractivity contribution in [3.05, 3.63) is 29.8 Å². The minimum atomic E-state index is -3.64. The summed E-state index contributed by atoms with van der Waals surface area (Å²) in [6.45, 7) is 5.69. The van der Waals surface area contributed by atoms with Crippen molar-refractivity contribution in [3.8, 4) is 0 Å². The molecule has 1 heterocycles. The van der Waals surface area contributed by atoms with Gasteiger partial charge in [0.2, 0.25) is 10.0 Å². The van der Waals surface area contributed by atoms with Gasteiger partial charge in [-0.2, -0.15) is 0 Å². The molecule has 8 nitrogen and oxygen atoms in total. The molecule has 1 aromatic rings. The number of nitrogens with zero attached hydrogens (tertiary/aromatic N) is 3. The molecule has 27 heavy (non-hydrogen) atoms. The van der Waals surface area contributed by atoms with Crippen LogP contribution in [0.25, 0.3) is 0 Å². The molecule has 152 valence electrons. The average molecular weight is 398 g/mol. The Morgan fingerprint density at radius 3 is 2.33 bits per heavy atom. The second-order valence-corrected chi connectivity index (χ2v) is 8.72. The molecule has 2 rings (SSSR count). The fraction of sp³-hybridized carbons (Fsp3) is 0.611. The number of nitrogens with one attached hydrogen (secondary N) is 1. The van der Waals surface area contributed by atoms with Crippen LogP contribution in [0.3, 0.4) is 0 Å². The number of carbonyl (C=O) groups is 1. The second-order valence-electron chi connectivity index (χ2n) is 7.16. The summed E-state index contributed by atoms with van der Waals surface area (Å²) in [6, 6.07) is 6.72. The van der Waals surface area contributed by atoms with Gasteiger partial charge in [0.05, 0.1) is 4.90 Å². The number of carbonyl (C=O) groups excluding carboxylic acids is 1. The monoisotopic (exact) mass is 397 g/mol. The molecule has 1 aliphatic rings. The van der Waals surface area contributed by atoms with E-state index in [4.69, 9.17) is 5.14 Å². The summed E-state index contributed by atoms with van der Waals surface area (Å²) in [5.41, 5.74) is 1.07. The summed E-state index contributed by atoms with van der Waals surface area (Å²) >= 11 is 0. The van der Waals surface area contributed by atoms with E-state index in [9.17, 15) is 13.2 Å². The Labute approximate surface area is 162 Å². The molecule has 0 aromatic heterocycles. The molecule has 0 aliphatic carbocycles. The van der Waals surface area contributed by atoms with E-state index in [1.165, 1.54) is 0 Å². The molecule has 0 radical (unpaired) electrons. The lowest BCUT2D eigenvalue weighted by atomic mass is 10.1. The summed E-state index contributed by atoms with van der Waals surface area (Å²) in [6.07, 6.45) is 1.78. The predicted octanol–water partition coefficient (Wildman–Crippen LogP) is 0.155. The molecule has 1 saturated heterocycles. The molecule has 0 atom stereocenters. The van der Waals surface area contributed by atoms with Crippen LogP contribution < -0.4 is 10.5 Å². The van der Waals surface area contributed by atoms with Gasteiger partial charge < -0.3 is 15.1 Å². The van der Waals surface area contributed by atoms with E-state index >= 15 is 0 Å². The van der Waals surface area contributed by atoms with Crippen LogP contribution in [0.4, 0.5) is 4.79 Å². The number of rotatable bonds is 8. The maximum Gasteiger partial charge on any atom is 0.317 e. The minimum Gasteiger partial charge on any atom is -0.338 e. The van der Waals surface area contributed by atoms with E-state index in [0.717, 1.165) is 57.7 Å². The van der Waals surface area contributed by atoms with Crippen molar-refractivity contribution in [3.63, 3.8) is 0 Å². The zero-order chi connectivity index (χ0) is 19.9. The van der Waals surface area contributed by atoms with Crippen molar-refractivity contribution in [1.29, 1.82) is 0 Å². The number of amides is 2. The van der Waals surface area contributed by atoms with Crippen LogP contribution in [-0.2, 0) is 16.4 Å². The first-order chi connectivity index (χ1) is 12.8. The number of piperazine rings is 1. The van der Waals surface area contributed by atoms with Crippen LogP contribution in [0.2, 0.25) is 0 Å². The zero-order valence-corrected chi connectivity index (χ0v) is 17.0. The molecule has 0 unspecified atom stereocenters. The number of hydrogen-bond acceptors (Lipinski definition) is 5. The highest BCUT2D eigenvalue weighted by atomic mass is 32.2. The quantitative estimate of drug-likeness (QED) is 0.609. The maximum absolute atomic E-state index is 12.2. The van der Waals surface area contributed by atoms with Crippen molar-refractivity contribution in [2.75, 3.05) is 59.9 Å². The fourth-order valence-electron chi connectivity index (χ4n) is 3.01. The van der Waals surface area contributed by atoms with Crippen molar-refractivity contribution < 1.29 is 13.2 Å². The predicted molar refractivity (Wildman–Crippen MR) is 106 cm³/mol. The average Bonchev–Trinajstić information content (AvgIpc) is 2.63. The number of primary sulfonamides is 1. The van der Waals surface area contributed by atoms with Crippen molar-refractivity contribution >= 4 is 16.1 Å². The molecular weight excluding hydrogens is 366 g/mol. The highest BCUT2D eigenvalue weighted by Crippen LogP contribution is 2.10. The summed E-state index contributed by atoms with van der Waals surface area (Å²) in [7, 11) is 0.408. The molecule has 9 heteroatoms. The summed E-state index contributed by atoms with van der Waals surface area (Å²) in [4.78, 5) is 18.6. The van der Waals surface area contributed by atoms with Gasteiger partial charge in [0.1, 0.15) is 0 Å². The number of urea groups is 1. The highest BCUT2D eigenvalue weighted by Gasteiger charge is 2.20. The normalized spacial score (nSPS) is 15.9. The number of nitrogens with two attached hydrogens (primary N) is 1. The van der Waals surface area contributed by atoms with E-state index in [2.05, 4.69) is 15.1 Å². The minimum absolute atomic E-state index is 0.0204. The standard InChI is InChI=1S/C18H31N5O3S/c1-21(2)10-3-9-20-18(24)23-14-12-22(13-15-23)11-8-16-4-6-17(7-5-16)27(19,25)26/h4-7H,3,8-15H2,1-2H3,(H,20,24)(H2,19,25,26). The lowest BCUT2D eigenvalue weighted by Crippen LogP contribution is -2.52. The zero-order valence-electron chi connectivity index (χ0n) is 16.2. The molecule has 1 fully saturated rings. The number of hydrogen-bond donors (Lipinski definition) is 2. The third kappa shape index (κ3) is 7.45. The third-order valence-electron chi connectivity index (χ3n) is 4.69. The first kappa shape index (κ1) is 21.6. The SMILES string of the molecule is CN(C)CCCNC(=O)N1CCN(CCc2ccc(S(N)(=O)=O)cc2)CC1. The first-order valence-corrected chi connectivity index (χ1v) is 10.8. The van der Waals surface area contributed by atoms with Gasteiger partial charge in [-0.3, -0.25) is 4.90 Å². The lowest BCUT2D eigenvalue weighted by molar-refractivity contribution is 0.140. The maximum atomic E-state index is 12.2. The Kier molecular flexibility index (Phi) is 8.03. The first-order valence-electron chi connectivity index (χ1n) is 9.27. The Morgan fingerprint density at radius 1 is 1.15 bits per heavy atom. The van der Waals surface area contributed by atoms with Gasteiger partial charge in [0.15, 0.2) is 0 Å². The second kappa shape index (κ2) is 10.0. The summed E-state index contributed by atoms with van der Waals surface area (Å²) in [5, 5.41) is 8.09. The highest BCUT2D eigenvalue weighted by molar-refractivity contribution is 7.89. The smallest absolute Gasteiger partial charge is 0.317 e. The van der Waals surface area contributed by atoms with E-state index in [-0.39, 0.29) is 10.9 Å². The van der Waals surface area contributed by atoms with Gasteiger partial charge in [-0.05, 0) is 51.2 Å². The van der Waals surface area contributed by atoms with Crippen molar-refractivity contribution in [2.45, 2.75) is 17.7 Å². The number of sulfonamides is 1. The molecule has 1 aromatic carbocycles. The Bertz CT molecular complexity index is 698. The van der Waals surface area contributed by atoms with E-state index in [0.29, 0.717) is 6.54 Å². The van der Waals surface area contributed by atoms with Crippen molar-refractivity contribution in [2.24, 2.45) is 5.14 Å². The summed E-state index contributed by atoms with van der Waals surface area (Å²) in [5.74, 6) is 0. The van der Waals surface area contributed by atoms with Crippen molar-refractivity contribution in [1.82, 2.24) is 20.0 Å². The van der Waals surface area contributed by atoms with Crippen LogP contribution >= 0.6 is 0 Å². The Balaban J connectivity index is 1.68. The topological polar surface area (TPSA) is 99.0 Å². The van der Waals surface area contributed by atoms with Gasteiger partial charge in [-0.15, -0.1) is 0 Å². The van der Waals surface area contributed by atoms with Gasteiger partial charge in [0, 0.05) is 39.3 Å². The molecule has 0 spiro atoms. The molecule has 0 saturated carbocycles. The number of benzene rings is 1. The van der Waals surface area contributed by atoms with E-state index < -0.39 is 10.0 Å².